The number of likely N-dealkylation sites (N-methyl/N-ethyl adjacent to an activating group) is 1. The Hall–Kier alpha value is -1.92. The second-order valence-corrected chi connectivity index (χ2v) is 10.9. The van der Waals surface area contributed by atoms with Crippen molar-refractivity contribution in [2.75, 3.05) is 13.6 Å². The van der Waals surface area contributed by atoms with E-state index in [0.717, 1.165) is 32.1 Å². The SMILES string of the molecule is CC(C)c1cccc(CNC[C@@H](O)[C@@H]2C[C@H](C)CCCCCCCCC(=O)N(C)[C@@H](C)C(=O)N2)c1. The molecule has 0 bridgehead atoms. The molecule has 1 aliphatic heterocycles. The summed E-state index contributed by atoms with van der Waals surface area (Å²) in [5.74, 6) is 0.687. The van der Waals surface area contributed by atoms with Gasteiger partial charge in [0.25, 0.3) is 0 Å². The second-order valence-electron chi connectivity index (χ2n) is 10.9. The summed E-state index contributed by atoms with van der Waals surface area (Å²) in [6.45, 7) is 9.40. The van der Waals surface area contributed by atoms with Crippen molar-refractivity contribution in [1.29, 1.82) is 0 Å². The fraction of sp³-hybridized carbons (Fsp3) is 0.724. The van der Waals surface area contributed by atoms with E-state index in [2.05, 4.69) is 55.7 Å². The Morgan fingerprint density at radius 1 is 1.09 bits per heavy atom. The number of amides is 2. The predicted octanol–water partition coefficient (Wildman–Crippen LogP) is 4.75. The first-order chi connectivity index (χ1) is 16.7. The van der Waals surface area contributed by atoms with E-state index < -0.39 is 12.1 Å². The van der Waals surface area contributed by atoms with E-state index in [0.29, 0.717) is 31.3 Å². The third-order valence-corrected chi connectivity index (χ3v) is 7.44. The van der Waals surface area contributed by atoms with Gasteiger partial charge in [-0.1, -0.05) is 83.6 Å². The van der Waals surface area contributed by atoms with Gasteiger partial charge in [0.2, 0.25) is 11.8 Å². The lowest BCUT2D eigenvalue weighted by Gasteiger charge is -2.31. The van der Waals surface area contributed by atoms with E-state index >= 15 is 0 Å². The number of rotatable bonds is 6. The first-order valence-corrected chi connectivity index (χ1v) is 13.7. The van der Waals surface area contributed by atoms with Crippen LogP contribution in [0.2, 0.25) is 0 Å². The quantitative estimate of drug-likeness (QED) is 0.541. The van der Waals surface area contributed by atoms with Crippen molar-refractivity contribution >= 4 is 11.8 Å². The van der Waals surface area contributed by atoms with E-state index in [1.165, 1.54) is 30.4 Å². The fourth-order valence-corrected chi connectivity index (χ4v) is 4.78. The first-order valence-electron chi connectivity index (χ1n) is 13.7. The van der Waals surface area contributed by atoms with E-state index in [1.807, 2.05) is 0 Å². The third-order valence-electron chi connectivity index (χ3n) is 7.44. The summed E-state index contributed by atoms with van der Waals surface area (Å²) >= 11 is 0. The van der Waals surface area contributed by atoms with Crippen molar-refractivity contribution in [2.45, 2.75) is 116 Å². The molecule has 0 spiro atoms. The van der Waals surface area contributed by atoms with Crippen LogP contribution < -0.4 is 10.6 Å². The number of carbonyl (C=O) groups excluding carboxylic acids is 2. The van der Waals surface area contributed by atoms with Gasteiger partial charge in [-0.05, 0) is 42.7 Å². The zero-order valence-electron chi connectivity index (χ0n) is 22.7. The molecule has 0 saturated carbocycles. The highest BCUT2D eigenvalue weighted by Crippen LogP contribution is 2.19. The van der Waals surface area contributed by atoms with E-state index in [-0.39, 0.29) is 17.9 Å². The van der Waals surface area contributed by atoms with Gasteiger partial charge >= 0.3 is 0 Å². The standard InChI is InChI=1S/C29H49N3O3/c1-21(2)25-15-12-14-24(18-25)19-30-20-27(33)26-17-22(3)13-10-8-6-7-9-11-16-28(34)32(5)23(4)29(35)31-26/h12,14-15,18,21-23,26-27,30,33H,6-11,13,16-17,19-20H2,1-5H3,(H,31,35)/t22-,23+,26+,27-/m1/s1. The zero-order valence-corrected chi connectivity index (χ0v) is 22.7. The number of aliphatic hydroxyl groups is 1. The second kappa shape index (κ2) is 15.2. The van der Waals surface area contributed by atoms with Crippen molar-refractivity contribution in [3.63, 3.8) is 0 Å². The molecule has 0 aromatic heterocycles. The lowest BCUT2D eigenvalue weighted by atomic mass is 9.92. The summed E-state index contributed by atoms with van der Waals surface area (Å²) in [6.07, 6.45) is 8.28. The monoisotopic (exact) mass is 487 g/mol. The highest BCUT2D eigenvalue weighted by atomic mass is 16.3. The average molecular weight is 488 g/mol. The zero-order chi connectivity index (χ0) is 25.8. The number of hydrogen-bond acceptors (Lipinski definition) is 4. The number of carbonyl (C=O) groups is 2. The largest absolute Gasteiger partial charge is 0.390 e. The van der Waals surface area contributed by atoms with E-state index in [4.69, 9.17) is 0 Å². The van der Waals surface area contributed by atoms with Gasteiger partial charge in [-0.3, -0.25) is 9.59 Å². The molecule has 1 fully saturated rings. The average Bonchev–Trinajstić information content (AvgIpc) is 2.83. The van der Waals surface area contributed by atoms with Crippen LogP contribution in [0.25, 0.3) is 0 Å². The van der Waals surface area contributed by atoms with Crippen molar-refractivity contribution in [3.05, 3.63) is 35.4 Å². The van der Waals surface area contributed by atoms with Crippen LogP contribution in [0, 0.1) is 5.92 Å². The lowest BCUT2D eigenvalue weighted by Crippen LogP contribution is -2.53. The van der Waals surface area contributed by atoms with Crippen molar-refractivity contribution < 1.29 is 14.7 Å². The molecule has 1 saturated heterocycles. The Morgan fingerprint density at radius 3 is 2.49 bits per heavy atom. The van der Waals surface area contributed by atoms with Gasteiger partial charge in [0, 0.05) is 26.6 Å². The molecular formula is C29H49N3O3. The molecule has 4 atom stereocenters. The van der Waals surface area contributed by atoms with Crippen LogP contribution in [0.5, 0.6) is 0 Å². The number of benzene rings is 1. The van der Waals surface area contributed by atoms with Gasteiger partial charge < -0.3 is 20.6 Å². The molecule has 1 aromatic rings. The van der Waals surface area contributed by atoms with Gasteiger partial charge in [-0.2, -0.15) is 0 Å². The number of nitrogens with one attached hydrogen (secondary N) is 2. The van der Waals surface area contributed by atoms with E-state index in [1.54, 1.807) is 18.9 Å². The van der Waals surface area contributed by atoms with Crippen LogP contribution in [-0.4, -0.2) is 53.6 Å². The summed E-state index contributed by atoms with van der Waals surface area (Å²) < 4.78 is 0. The maximum absolute atomic E-state index is 13.0. The first kappa shape index (κ1) is 29.3. The molecule has 0 radical (unpaired) electrons. The Kier molecular flexibility index (Phi) is 12.8. The van der Waals surface area contributed by atoms with E-state index in [9.17, 15) is 14.7 Å². The number of nitrogens with zero attached hydrogens (tertiary/aromatic N) is 1. The molecule has 1 heterocycles. The topological polar surface area (TPSA) is 81.7 Å². The fourth-order valence-electron chi connectivity index (χ4n) is 4.78. The molecule has 0 unspecified atom stereocenters. The maximum Gasteiger partial charge on any atom is 0.242 e. The molecule has 6 nitrogen and oxygen atoms in total. The maximum atomic E-state index is 13.0. The smallest absolute Gasteiger partial charge is 0.242 e. The molecule has 0 aliphatic carbocycles. The molecule has 3 N–H and O–H groups in total. The van der Waals surface area contributed by atoms with Gasteiger partial charge in [0.15, 0.2) is 0 Å². The Morgan fingerprint density at radius 2 is 1.77 bits per heavy atom. The van der Waals surface area contributed by atoms with Crippen LogP contribution in [0.4, 0.5) is 0 Å². The normalized spacial score (nSPS) is 24.9. The van der Waals surface area contributed by atoms with Crippen molar-refractivity contribution in [2.24, 2.45) is 5.92 Å². The Balaban J connectivity index is 2.02. The highest BCUT2D eigenvalue weighted by Gasteiger charge is 2.28. The van der Waals surface area contributed by atoms with Gasteiger partial charge in [-0.15, -0.1) is 0 Å². The molecule has 6 heteroatoms. The number of hydrogen-bond donors (Lipinski definition) is 3. The van der Waals surface area contributed by atoms with Crippen LogP contribution in [-0.2, 0) is 16.1 Å². The van der Waals surface area contributed by atoms with Gasteiger partial charge in [-0.25, -0.2) is 0 Å². The molecule has 2 amide bonds. The number of aliphatic hydroxyl groups excluding tert-OH is 1. The summed E-state index contributed by atoms with van der Waals surface area (Å²) in [4.78, 5) is 27.2. The summed E-state index contributed by atoms with van der Waals surface area (Å²) in [5.41, 5.74) is 2.49. The molecule has 1 aliphatic rings. The third kappa shape index (κ3) is 10.3. The molecule has 1 aromatic carbocycles. The van der Waals surface area contributed by atoms with Crippen molar-refractivity contribution in [1.82, 2.24) is 15.5 Å². The van der Waals surface area contributed by atoms with Crippen LogP contribution in [0.1, 0.15) is 103 Å². The minimum absolute atomic E-state index is 0.00973. The lowest BCUT2D eigenvalue weighted by molar-refractivity contribution is -0.139. The Bertz CT molecular complexity index is 782. The predicted molar refractivity (Wildman–Crippen MR) is 143 cm³/mol. The molecule has 198 valence electrons. The van der Waals surface area contributed by atoms with Crippen LogP contribution in [0.15, 0.2) is 24.3 Å². The summed E-state index contributed by atoms with van der Waals surface area (Å²) in [7, 11) is 1.70. The Labute approximate surface area is 213 Å². The minimum Gasteiger partial charge on any atom is -0.390 e. The van der Waals surface area contributed by atoms with Crippen molar-refractivity contribution in [3.8, 4) is 0 Å². The van der Waals surface area contributed by atoms with Gasteiger partial charge in [0.05, 0.1) is 12.1 Å². The highest BCUT2D eigenvalue weighted by molar-refractivity contribution is 5.87. The molecular weight excluding hydrogens is 438 g/mol. The van der Waals surface area contributed by atoms with Gasteiger partial charge in [0.1, 0.15) is 6.04 Å². The summed E-state index contributed by atoms with van der Waals surface area (Å²) in [5, 5.41) is 17.5. The molecule has 2 rings (SSSR count). The molecule has 35 heavy (non-hydrogen) atoms. The van der Waals surface area contributed by atoms with Crippen LogP contribution >= 0.6 is 0 Å². The minimum atomic E-state index is -0.707. The van der Waals surface area contributed by atoms with Crippen LogP contribution in [0.3, 0.4) is 0 Å². The summed E-state index contributed by atoms with van der Waals surface area (Å²) in [6, 6.07) is 7.59.